The van der Waals surface area contributed by atoms with E-state index in [-0.39, 0.29) is 11.9 Å². The van der Waals surface area contributed by atoms with Gasteiger partial charge in [-0.2, -0.15) is 0 Å². The molecule has 0 aliphatic rings. The summed E-state index contributed by atoms with van der Waals surface area (Å²) in [7, 11) is 0. The van der Waals surface area contributed by atoms with Crippen molar-refractivity contribution in [1.29, 1.82) is 0 Å². The lowest BCUT2D eigenvalue weighted by Gasteiger charge is -2.07. The van der Waals surface area contributed by atoms with Gasteiger partial charge in [0, 0.05) is 4.47 Å². The molecule has 106 valence electrons. The molecule has 0 aliphatic heterocycles. The van der Waals surface area contributed by atoms with Crippen molar-refractivity contribution in [3.8, 4) is 0 Å². The van der Waals surface area contributed by atoms with Crippen LogP contribution in [0.25, 0.3) is 10.9 Å². The van der Waals surface area contributed by atoms with E-state index in [2.05, 4.69) is 20.9 Å². The molecule has 1 aromatic heterocycles. The van der Waals surface area contributed by atoms with Crippen molar-refractivity contribution >= 4 is 26.8 Å². The highest BCUT2D eigenvalue weighted by Gasteiger charge is 2.09. The highest BCUT2D eigenvalue weighted by molar-refractivity contribution is 9.10. The van der Waals surface area contributed by atoms with Crippen LogP contribution in [-0.4, -0.2) is 9.55 Å². The number of hydrogen-bond acceptors (Lipinski definition) is 2. The van der Waals surface area contributed by atoms with E-state index in [9.17, 15) is 14.0 Å². The molecule has 1 heterocycles. The maximum atomic E-state index is 13.3. The van der Waals surface area contributed by atoms with Crippen LogP contribution in [0, 0.1) is 5.82 Å². The van der Waals surface area contributed by atoms with E-state index in [1.54, 1.807) is 0 Å². The molecule has 0 aliphatic carbocycles. The molecule has 0 unspecified atom stereocenters. The number of halogens is 2. The molecule has 1 N–H and O–H groups in total. The van der Waals surface area contributed by atoms with Crippen molar-refractivity contribution in [2.75, 3.05) is 0 Å². The van der Waals surface area contributed by atoms with Crippen LogP contribution in [0.4, 0.5) is 4.39 Å². The summed E-state index contributed by atoms with van der Waals surface area (Å²) in [6.07, 6.45) is 0. The molecule has 0 atom stereocenters. The minimum absolute atomic E-state index is 0.125. The third-order valence-corrected chi connectivity index (χ3v) is 3.67. The first-order valence-electron chi connectivity index (χ1n) is 6.21. The van der Waals surface area contributed by atoms with Gasteiger partial charge in [-0.1, -0.05) is 28.1 Å². The average Bonchev–Trinajstić information content (AvgIpc) is 2.45. The second kappa shape index (κ2) is 5.29. The van der Waals surface area contributed by atoms with Gasteiger partial charge in [0.15, 0.2) is 0 Å². The molecule has 0 bridgehead atoms. The van der Waals surface area contributed by atoms with Gasteiger partial charge >= 0.3 is 5.69 Å². The second-order valence-corrected chi connectivity index (χ2v) is 5.56. The summed E-state index contributed by atoms with van der Waals surface area (Å²) >= 11 is 3.34. The van der Waals surface area contributed by atoms with Crippen molar-refractivity contribution in [2.24, 2.45) is 0 Å². The van der Waals surface area contributed by atoms with Crippen molar-refractivity contribution in [3.05, 3.63) is 79.2 Å². The highest BCUT2D eigenvalue weighted by atomic mass is 79.9. The fourth-order valence-electron chi connectivity index (χ4n) is 2.18. The average molecular weight is 349 g/mol. The normalized spacial score (nSPS) is 11.0. The number of rotatable bonds is 2. The third-order valence-electron chi connectivity index (χ3n) is 3.17. The lowest BCUT2D eigenvalue weighted by Crippen LogP contribution is -2.35. The fraction of sp³-hybridized carbons (Fsp3) is 0.0667. The maximum absolute atomic E-state index is 13.3. The molecule has 3 rings (SSSR count). The largest absolute Gasteiger partial charge is 0.329 e. The van der Waals surface area contributed by atoms with Gasteiger partial charge < -0.3 is 4.98 Å². The number of nitrogens with zero attached hydrogens (tertiary/aromatic N) is 1. The van der Waals surface area contributed by atoms with Gasteiger partial charge in [0.25, 0.3) is 5.56 Å². The summed E-state index contributed by atoms with van der Waals surface area (Å²) < 4.78 is 15.2. The minimum atomic E-state index is -0.515. The lowest BCUT2D eigenvalue weighted by molar-refractivity contribution is 0.628. The number of fused-ring (bicyclic) bond motifs is 1. The molecule has 3 aromatic rings. The summed E-state index contributed by atoms with van der Waals surface area (Å²) in [4.78, 5) is 27.0. The standard InChI is InChI=1S/C15H10BrFN2O2/c16-10-3-1-2-9(6-10)8-19-14(20)12-7-11(17)4-5-13(12)18-15(19)21/h1-7H,8H2,(H,18,21). The van der Waals surface area contributed by atoms with Crippen molar-refractivity contribution in [1.82, 2.24) is 9.55 Å². The Morgan fingerprint density at radius 3 is 2.71 bits per heavy atom. The molecular formula is C15H10BrFN2O2. The number of aromatic amines is 1. The molecule has 4 nitrogen and oxygen atoms in total. The summed E-state index contributed by atoms with van der Waals surface area (Å²) in [6, 6.07) is 11.0. The van der Waals surface area contributed by atoms with E-state index < -0.39 is 17.1 Å². The van der Waals surface area contributed by atoms with Crippen LogP contribution in [0.1, 0.15) is 5.56 Å². The van der Waals surface area contributed by atoms with Crippen molar-refractivity contribution in [2.45, 2.75) is 6.54 Å². The zero-order valence-corrected chi connectivity index (χ0v) is 12.4. The minimum Gasteiger partial charge on any atom is -0.307 e. The van der Waals surface area contributed by atoms with E-state index in [4.69, 9.17) is 0 Å². The van der Waals surface area contributed by atoms with Crippen LogP contribution in [0.5, 0.6) is 0 Å². The Kier molecular flexibility index (Phi) is 3.47. The number of aromatic nitrogens is 2. The van der Waals surface area contributed by atoms with Gasteiger partial charge in [0.1, 0.15) is 5.82 Å². The van der Waals surface area contributed by atoms with Gasteiger partial charge in [-0.15, -0.1) is 0 Å². The molecule has 0 fully saturated rings. The Labute approximate surface area is 127 Å². The van der Waals surface area contributed by atoms with E-state index in [1.807, 2.05) is 24.3 Å². The Hall–Kier alpha value is -2.21. The van der Waals surface area contributed by atoms with Crippen molar-refractivity contribution in [3.63, 3.8) is 0 Å². The quantitative estimate of drug-likeness (QED) is 0.773. The van der Waals surface area contributed by atoms with Gasteiger partial charge in [0.2, 0.25) is 0 Å². The Morgan fingerprint density at radius 1 is 1.14 bits per heavy atom. The van der Waals surface area contributed by atoms with Crippen LogP contribution in [-0.2, 0) is 6.54 Å². The van der Waals surface area contributed by atoms with Gasteiger partial charge in [0.05, 0.1) is 17.4 Å². The first-order valence-corrected chi connectivity index (χ1v) is 7.01. The van der Waals surface area contributed by atoms with Crippen LogP contribution in [0.3, 0.4) is 0 Å². The molecule has 0 spiro atoms. The highest BCUT2D eigenvalue weighted by Crippen LogP contribution is 2.12. The number of H-pyrrole nitrogens is 1. The Bertz CT molecular complexity index is 946. The van der Waals surface area contributed by atoms with Crippen molar-refractivity contribution < 1.29 is 4.39 Å². The summed E-state index contributed by atoms with van der Waals surface area (Å²) in [5, 5.41) is 0.157. The van der Waals surface area contributed by atoms with Crippen LogP contribution < -0.4 is 11.2 Å². The third kappa shape index (κ3) is 2.67. The maximum Gasteiger partial charge on any atom is 0.329 e. The molecular weight excluding hydrogens is 339 g/mol. The second-order valence-electron chi connectivity index (χ2n) is 4.64. The predicted molar refractivity (Wildman–Crippen MR) is 82.0 cm³/mol. The van der Waals surface area contributed by atoms with Crippen LogP contribution in [0.15, 0.2) is 56.5 Å². The molecule has 2 aromatic carbocycles. The van der Waals surface area contributed by atoms with E-state index in [1.165, 1.54) is 12.1 Å². The molecule has 21 heavy (non-hydrogen) atoms. The predicted octanol–water partition coefficient (Wildman–Crippen LogP) is 2.64. The monoisotopic (exact) mass is 348 g/mol. The number of hydrogen-bond donors (Lipinski definition) is 1. The topological polar surface area (TPSA) is 54.9 Å². The smallest absolute Gasteiger partial charge is 0.307 e. The Morgan fingerprint density at radius 2 is 1.95 bits per heavy atom. The molecule has 6 heteroatoms. The van der Waals surface area contributed by atoms with E-state index in [0.29, 0.717) is 5.52 Å². The number of nitrogens with one attached hydrogen (secondary N) is 1. The van der Waals surface area contributed by atoms with Crippen LogP contribution >= 0.6 is 15.9 Å². The Balaban J connectivity index is 2.19. The molecule has 0 saturated carbocycles. The SMILES string of the molecule is O=c1[nH]c2ccc(F)cc2c(=O)n1Cc1cccc(Br)c1. The summed E-state index contributed by atoms with van der Waals surface area (Å²) in [5.41, 5.74) is 0.108. The summed E-state index contributed by atoms with van der Waals surface area (Å²) in [5.74, 6) is -0.513. The molecule has 0 saturated heterocycles. The fourth-order valence-corrected chi connectivity index (χ4v) is 2.63. The van der Waals surface area contributed by atoms with E-state index >= 15 is 0 Å². The molecule has 0 amide bonds. The first-order chi connectivity index (χ1) is 10.0. The van der Waals surface area contributed by atoms with Gasteiger partial charge in [-0.3, -0.25) is 9.36 Å². The first kappa shape index (κ1) is 13.8. The zero-order chi connectivity index (χ0) is 15.0. The van der Waals surface area contributed by atoms with Gasteiger partial charge in [-0.05, 0) is 35.9 Å². The van der Waals surface area contributed by atoms with Gasteiger partial charge in [-0.25, -0.2) is 9.18 Å². The number of benzene rings is 2. The molecule has 0 radical (unpaired) electrons. The van der Waals surface area contributed by atoms with E-state index in [0.717, 1.165) is 20.7 Å². The lowest BCUT2D eigenvalue weighted by atomic mass is 10.2. The van der Waals surface area contributed by atoms with Crippen LogP contribution in [0.2, 0.25) is 0 Å². The summed E-state index contributed by atoms with van der Waals surface area (Å²) in [6.45, 7) is 0.125. The zero-order valence-electron chi connectivity index (χ0n) is 10.8.